The van der Waals surface area contributed by atoms with Crippen molar-refractivity contribution in [2.75, 3.05) is 0 Å². The molecule has 2 nitrogen and oxygen atoms in total. The van der Waals surface area contributed by atoms with Gasteiger partial charge in [0, 0.05) is 16.7 Å². The third-order valence-electron chi connectivity index (χ3n) is 2.04. The number of H-pyrrole nitrogens is 1. The van der Waals surface area contributed by atoms with E-state index in [0.717, 1.165) is 12.1 Å². The Hall–Kier alpha value is -1.10. The van der Waals surface area contributed by atoms with Crippen molar-refractivity contribution >= 4 is 23.5 Å². The van der Waals surface area contributed by atoms with Crippen molar-refractivity contribution in [3.8, 4) is 0 Å². The van der Waals surface area contributed by atoms with Gasteiger partial charge >= 0.3 is 0 Å². The Labute approximate surface area is 84.7 Å². The van der Waals surface area contributed by atoms with Crippen molar-refractivity contribution in [3.63, 3.8) is 0 Å². The van der Waals surface area contributed by atoms with Crippen LogP contribution in [0.25, 0.3) is 10.9 Å². The van der Waals surface area contributed by atoms with Gasteiger partial charge in [0.1, 0.15) is 0 Å². The molecule has 5 heteroatoms. The van der Waals surface area contributed by atoms with Crippen LogP contribution in [0.3, 0.4) is 0 Å². The lowest BCUT2D eigenvalue weighted by atomic mass is 10.1. The molecular weight excluding hydrogens is 206 g/mol. The highest BCUT2D eigenvalue weighted by Gasteiger charge is 2.12. The van der Waals surface area contributed by atoms with Gasteiger partial charge in [0.05, 0.1) is 11.2 Å². The minimum atomic E-state index is -0.887. The van der Waals surface area contributed by atoms with Crippen molar-refractivity contribution in [3.05, 3.63) is 29.5 Å². The highest BCUT2D eigenvalue weighted by molar-refractivity contribution is 7.80. The number of aromatic amines is 1. The fourth-order valence-electron chi connectivity index (χ4n) is 1.34. The molecule has 0 fully saturated rings. The van der Waals surface area contributed by atoms with Gasteiger partial charge in [-0.3, -0.25) is 5.10 Å². The topological polar surface area (TPSA) is 28.7 Å². The predicted octanol–water partition coefficient (Wildman–Crippen LogP) is 2.83. The van der Waals surface area contributed by atoms with Crippen LogP contribution in [0.1, 0.15) is 17.9 Å². The number of hydrogen-bond acceptors (Lipinski definition) is 2. The number of nitrogens with zero attached hydrogens (tertiary/aromatic N) is 1. The normalized spacial score (nSPS) is 13.4. The molecule has 1 aromatic heterocycles. The number of benzene rings is 1. The highest BCUT2D eigenvalue weighted by Crippen LogP contribution is 2.26. The first-order valence-corrected chi connectivity index (χ1v) is 4.62. The van der Waals surface area contributed by atoms with Crippen LogP contribution in [0.15, 0.2) is 12.1 Å². The molecule has 0 aliphatic heterocycles. The van der Waals surface area contributed by atoms with E-state index in [4.69, 9.17) is 0 Å². The Bertz CT molecular complexity index is 479. The summed E-state index contributed by atoms with van der Waals surface area (Å²) in [4.78, 5) is 0. The second-order valence-electron chi connectivity index (χ2n) is 3.10. The summed E-state index contributed by atoms with van der Waals surface area (Å²) in [5, 5.41) is 7.05. The van der Waals surface area contributed by atoms with Crippen LogP contribution in [0.2, 0.25) is 0 Å². The zero-order chi connectivity index (χ0) is 10.3. The fraction of sp³-hybridized carbons (Fsp3) is 0.222. The van der Waals surface area contributed by atoms with Crippen molar-refractivity contribution < 1.29 is 8.78 Å². The van der Waals surface area contributed by atoms with E-state index < -0.39 is 11.6 Å². The molecule has 0 saturated heterocycles. The van der Waals surface area contributed by atoms with Gasteiger partial charge in [0.2, 0.25) is 0 Å². The van der Waals surface area contributed by atoms with Crippen molar-refractivity contribution in [1.29, 1.82) is 0 Å². The molecule has 2 aromatic rings. The molecule has 1 atom stereocenters. The number of thiol groups is 1. The maximum absolute atomic E-state index is 12.9. The van der Waals surface area contributed by atoms with Crippen LogP contribution in [0, 0.1) is 11.6 Å². The third-order valence-corrected chi connectivity index (χ3v) is 2.30. The Morgan fingerprint density at radius 1 is 1.36 bits per heavy atom. The summed E-state index contributed by atoms with van der Waals surface area (Å²) in [5.74, 6) is -1.75. The molecule has 2 rings (SSSR count). The number of halogens is 2. The summed E-state index contributed by atoms with van der Waals surface area (Å²) in [6, 6.07) is 2.21. The summed E-state index contributed by atoms with van der Waals surface area (Å²) < 4.78 is 25.7. The SMILES string of the molecule is CC(S)c1[nH]nc2cc(F)c(F)cc12. The van der Waals surface area contributed by atoms with Crippen LogP contribution in [0.4, 0.5) is 8.78 Å². The molecule has 0 amide bonds. The van der Waals surface area contributed by atoms with E-state index in [0.29, 0.717) is 16.6 Å². The van der Waals surface area contributed by atoms with Crippen molar-refractivity contribution in [2.24, 2.45) is 0 Å². The number of hydrogen-bond donors (Lipinski definition) is 2. The molecule has 1 unspecified atom stereocenters. The van der Waals surface area contributed by atoms with Gasteiger partial charge in [-0.2, -0.15) is 17.7 Å². The number of rotatable bonds is 1. The lowest BCUT2D eigenvalue weighted by Crippen LogP contribution is -1.87. The van der Waals surface area contributed by atoms with E-state index in [1.165, 1.54) is 0 Å². The molecule has 1 N–H and O–H groups in total. The second-order valence-corrected chi connectivity index (χ2v) is 3.87. The largest absolute Gasteiger partial charge is 0.280 e. The molecule has 1 aromatic carbocycles. The van der Waals surface area contributed by atoms with Crippen molar-refractivity contribution in [1.82, 2.24) is 10.2 Å². The van der Waals surface area contributed by atoms with Crippen LogP contribution < -0.4 is 0 Å². The van der Waals surface area contributed by atoms with Crippen molar-refractivity contribution in [2.45, 2.75) is 12.2 Å². The average molecular weight is 214 g/mol. The van der Waals surface area contributed by atoms with Gasteiger partial charge in [-0.05, 0) is 13.0 Å². The minimum absolute atomic E-state index is 0.0927. The lowest BCUT2D eigenvalue weighted by molar-refractivity contribution is 0.511. The molecule has 0 radical (unpaired) electrons. The minimum Gasteiger partial charge on any atom is -0.280 e. The summed E-state index contributed by atoms with van der Waals surface area (Å²) in [5.41, 5.74) is 1.11. The van der Waals surface area contributed by atoms with E-state index >= 15 is 0 Å². The quantitative estimate of drug-likeness (QED) is 0.702. The molecule has 0 spiro atoms. The molecule has 0 saturated carbocycles. The molecule has 1 heterocycles. The van der Waals surface area contributed by atoms with Gasteiger partial charge in [-0.25, -0.2) is 8.78 Å². The summed E-state index contributed by atoms with van der Waals surface area (Å²) in [6.07, 6.45) is 0. The monoisotopic (exact) mass is 214 g/mol. The Morgan fingerprint density at radius 3 is 2.64 bits per heavy atom. The predicted molar refractivity (Wildman–Crippen MR) is 53.4 cm³/mol. The number of aromatic nitrogens is 2. The Kier molecular flexibility index (Phi) is 2.19. The van der Waals surface area contributed by atoms with E-state index in [1.807, 2.05) is 6.92 Å². The zero-order valence-corrected chi connectivity index (χ0v) is 8.28. The van der Waals surface area contributed by atoms with Gasteiger partial charge < -0.3 is 0 Å². The van der Waals surface area contributed by atoms with E-state index in [-0.39, 0.29) is 5.25 Å². The van der Waals surface area contributed by atoms with Crippen LogP contribution in [0.5, 0.6) is 0 Å². The van der Waals surface area contributed by atoms with E-state index in [9.17, 15) is 8.78 Å². The number of nitrogens with one attached hydrogen (secondary N) is 1. The van der Waals surface area contributed by atoms with E-state index in [2.05, 4.69) is 22.8 Å². The first-order valence-electron chi connectivity index (χ1n) is 4.10. The van der Waals surface area contributed by atoms with Crippen LogP contribution in [-0.4, -0.2) is 10.2 Å². The standard InChI is InChI=1S/C9H8F2N2S/c1-4(14)9-5-2-6(10)7(11)3-8(5)12-13-9/h2-4,14H,1H3,(H,12,13). The zero-order valence-electron chi connectivity index (χ0n) is 7.38. The lowest BCUT2D eigenvalue weighted by Gasteiger charge is -2.00. The highest BCUT2D eigenvalue weighted by atomic mass is 32.1. The average Bonchev–Trinajstić information content (AvgIpc) is 2.48. The number of fused-ring (bicyclic) bond motifs is 1. The van der Waals surface area contributed by atoms with Gasteiger partial charge in [0.15, 0.2) is 11.6 Å². The molecule has 14 heavy (non-hydrogen) atoms. The maximum Gasteiger partial charge on any atom is 0.161 e. The maximum atomic E-state index is 12.9. The third kappa shape index (κ3) is 1.37. The molecule has 0 aliphatic carbocycles. The second kappa shape index (κ2) is 3.24. The van der Waals surface area contributed by atoms with Gasteiger partial charge in [-0.15, -0.1) is 0 Å². The smallest absolute Gasteiger partial charge is 0.161 e. The summed E-state index contributed by atoms with van der Waals surface area (Å²) in [6.45, 7) is 1.83. The van der Waals surface area contributed by atoms with E-state index in [1.54, 1.807) is 0 Å². The molecule has 0 aliphatic rings. The fourth-order valence-corrected chi connectivity index (χ4v) is 1.54. The van der Waals surface area contributed by atoms with Crippen LogP contribution in [-0.2, 0) is 0 Å². The van der Waals surface area contributed by atoms with Gasteiger partial charge in [-0.1, -0.05) is 0 Å². The first kappa shape index (κ1) is 9.45. The first-order chi connectivity index (χ1) is 6.59. The molecule has 0 bridgehead atoms. The Morgan fingerprint density at radius 2 is 2.00 bits per heavy atom. The summed E-state index contributed by atoms with van der Waals surface area (Å²) in [7, 11) is 0. The molecular formula is C9H8F2N2S. The van der Waals surface area contributed by atoms with Gasteiger partial charge in [0.25, 0.3) is 0 Å². The van der Waals surface area contributed by atoms with Crippen LogP contribution >= 0.6 is 12.6 Å². The Balaban J connectivity index is 2.74. The molecule has 74 valence electrons. The summed E-state index contributed by atoms with van der Waals surface area (Å²) >= 11 is 4.20.